The Morgan fingerprint density at radius 3 is 1.79 bits per heavy atom. The maximum absolute atomic E-state index is 14.9. The number of rotatable bonds is 17. The van der Waals surface area contributed by atoms with E-state index >= 15 is 0 Å². The zero-order chi connectivity index (χ0) is 59.9. The molecule has 0 aliphatic carbocycles. The second kappa shape index (κ2) is 28.8. The van der Waals surface area contributed by atoms with E-state index in [1.54, 1.807) is 46.4 Å². The van der Waals surface area contributed by atoms with Crippen LogP contribution >= 0.6 is 42.1 Å². The van der Waals surface area contributed by atoms with Gasteiger partial charge in [0.2, 0.25) is 5.91 Å². The van der Waals surface area contributed by atoms with E-state index in [4.69, 9.17) is 58.5 Å². The van der Waals surface area contributed by atoms with Crippen molar-refractivity contribution in [3.8, 4) is 0 Å². The van der Waals surface area contributed by atoms with E-state index in [0.717, 1.165) is 31.8 Å². The zero-order valence-electron chi connectivity index (χ0n) is 50.1. The highest BCUT2D eigenvalue weighted by Crippen LogP contribution is 2.56. The first kappa shape index (κ1) is 67.6. The van der Waals surface area contributed by atoms with Gasteiger partial charge in [-0.3, -0.25) is 9.59 Å². The summed E-state index contributed by atoms with van der Waals surface area (Å²) in [5.74, 6) is -3.80. The fraction of sp³-hybridized carbons (Fsp3) is 0.683. The summed E-state index contributed by atoms with van der Waals surface area (Å²) in [5.41, 5.74) is -4.80. The van der Waals surface area contributed by atoms with Crippen molar-refractivity contribution in [1.82, 2.24) is 9.80 Å². The van der Waals surface area contributed by atoms with Crippen molar-refractivity contribution < 1.29 is 58.8 Å². The van der Waals surface area contributed by atoms with E-state index in [9.17, 15) is 35.1 Å². The number of cyclic esters (lactones) is 1. The van der Waals surface area contributed by atoms with Gasteiger partial charge in [-0.2, -0.15) is 0 Å². The second-order valence-corrected chi connectivity index (χ2v) is 29.8. The van der Waals surface area contributed by atoms with Crippen LogP contribution in [0.2, 0.25) is 15.1 Å². The number of hydrogen-bond acceptors (Lipinski definition) is 13. The number of amides is 1. The van der Waals surface area contributed by atoms with Crippen molar-refractivity contribution in [3.05, 3.63) is 87.9 Å². The molecule has 454 valence electrons. The van der Waals surface area contributed by atoms with Crippen molar-refractivity contribution in [1.29, 1.82) is 0 Å². The number of halogens is 3. The number of hydrogen-bond donors (Lipinski definition) is 5. The SMILES string of the molecule is CC[C@H]1OC(=O)[C@H](C)C([C@H]2C[C@@](C)(OC)[C@@H](O)[C@H](C)O2)[C@H](C)[C@@H](O[C@@H]2O[C@H](C)C[C@H](N(C)C)[C@H]2O)[C@](C)(O)C[C@@H](C)CN(C(=O)CCCCCCC[P+](c2ccc(Cl)cc2)(c2ccc(Cl)cc2)c2ccc(Cl)cc2)[C@H](C)[C@@H](O)[C@]1(C)O. The smallest absolute Gasteiger partial charge is 0.309 e. The van der Waals surface area contributed by atoms with Crippen LogP contribution in [0.5, 0.6) is 0 Å². The number of unbranched alkanes of at least 4 members (excludes halogenated alkanes) is 4. The monoisotopic (exact) mass is 1210 g/mol. The molecule has 0 aromatic heterocycles. The Morgan fingerprint density at radius 2 is 1.28 bits per heavy atom. The van der Waals surface area contributed by atoms with Crippen molar-refractivity contribution in [2.24, 2.45) is 23.7 Å². The predicted octanol–water partition coefficient (Wildman–Crippen LogP) is 9.37. The molecule has 3 fully saturated rings. The lowest BCUT2D eigenvalue weighted by molar-refractivity contribution is -0.302. The van der Waals surface area contributed by atoms with Crippen LogP contribution in [0, 0.1) is 23.7 Å². The normalized spacial score (nSPS) is 36.0. The Bertz CT molecular complexity index is 2360. The van der Waals surface area contributed by atoms with Gasteiger partial charge in [0.05, 0.1) is 53.7 Å². The maximum Gasteiger partial charge on any atom is 0.309 e. The van der Waals surface area contributed by atoms with Gasteiger partial charge in [0.15, 0.2) is 6.29 Å². The van der Waals surface area contributed by atoms with Crippen molar-refractivity contribution >= 4 is 69.9 Å². The number of esters is 1. The molecule has 1 amide bonds. The first-order valence-electron chi connectivity index (χ1n) is 29.4. The van der Waals surface area contributed by atoms with Crippen molar-refractivity contribution in [2.45, 2.75) is 217 Å². The molecule has 5 N–H and O–H groups in total. The van der Waals surface area contributed by atoms with E-state index in [1.807, 2.05) is 76.2 Å². The number of ether oxygens (including phenoxy) is 5. The van der Waals surface area contributed by atoms with Gasteiger partial charge in [-0.15, -0.1) is 0 Å². The number of carbonyl (C=O) groups excluding carboxylic acids is 2. The molecule has 18 atom stereocenters. The molecule has 3 aliphatic rings. The van der Waals surface area contributed by atoms with Crippen LogP contribution in [0.4, 0.5) is 0 Å². The molecule has 6 rings (SSSR count). The Labute approximate surface area is 498 Å². The van der Waals surface area contributed by atoms with Crippen LogP contribution in [0.3, 0.4) is 0 Å². The van der Waals surface area contributed by atoms with Gasteiger partial charge in [-0.25, -0.2) is 0 Å². The number of methoxy groups -OCH3 is 1. The molecule has 14 nitrogen and oxygen atoms in total. The lowest BCUT2D eigenvalue weighted by Crippen LogP contribution is -2.61. The highest BCUT2D eigenvalue weighted by molar-refractivity contribution is 7.95. The molecular formula is C63H95Cl3N2O12P+. The van der Waals surface area contributed by atoms with E-state index in [2.05, 4.69) is 36.4 Å². The lowest BCUT2D eigenvalue weighted by atomic mass is 9.68. The number of nitrogens with zero attached hydrogens (tertiary/aromatic N) is 2. The second-order valence-electron chi connectivity index (χ2n) is 24.8. The Hall–Kier alpha value is -2.50. The molecule has 3 heterocycles. The molecule has 3 aliphatic heterocycles. The Balaban J connectivity index is 1.28. The summed E-state index contributed by atoms with van der Waals surface area (Å²) in [7, 11) is 3.09. The summed E-state index contributed by atoms with van der Waals surface area (Å²) in [6, 6.07) is 23.1. The van der Waals surface area contributed by atoms with Crippen LogP contribution in [-0.4, -0.2) is 165 Å². The average Bonchev–Trinajstić information content (AvgIpc) is 3.41. The highest BCUT2D eigenvalue weighted by atomic mass is 35.5. The van der Waals surface area contributed by atoms with Crippen molar-refractivity contribution in [3.63, 3.8) is 0 Å². The molecule has 1 unspecified atom stereocenters. The summed E-state index contributed by atoms with van der Waals surface area (Å²) < 4.78 is 32.2. The van der Waals surface area contributed by atoms with Crippen LogP contribution in [0.1, 0.15) is 133 Å². The number of likely N-dealkylation sites (N-methyl/N-ethyl adjacent to an activating group) is 1. The topological polar surface area (TPSA) is 188 Å². The number of aliphatic hydroxyl groups is 5. The molecule has 0 bridgehead atoms. The summed E-state index contributed by atoms with van der Waals surface area (Å²) in [4.78, 5) is 33.2. The quantitative estimate of drug-likeness (QED) is 0.0489. The number of benzene rings is 3. The predicted molar refractivity (Wildman–Crippen MR) is 325 cm³/mol. The minimum atomic E-state index is -2.20. The average molecular weight is 1210 g/mol. The van der Waals surface area contributed by atoms with Crippen LogP contribution in [-0.2, 0) is 33.3 Å². The first-order valence-corrected chi connectivity index (χ1v) is 32.5. The zero-order valence-corrected chi connectivity index (χ0v) is 53.3. The largest absolute Gasteiger partial charge is 0.459 e. The van der Waals surface area contributed by atoms with Gasteiger partial charge >= 0.3 is 5.97 Å². The lowest BCUT2D eigenvalue weighted by Gasteiger charge is -2.51. The third-order valence-corrected chi connectivity index (χ3v) is 23.6. The molecular weight excluding hydrogens is 1110 g/mol. The Morgan fingerprint density at radius 1 is 0.765 bits per heavy atom. The van der Waals surface area contributed by atoms with Gasteiger partial charge in [0.25, 0.3) is 0 Å². The van der Waals surface area contributed by atoms with Crippen LogP contribution < -0.4 is 15.9 Å². The fourth-order valence-electron chi connectivity index (χ4n) is 13.6. The van der Waals surface area contributed by atoms with Crippen LogP contribution in [0.15, 0.2) is 72.8 Å². The number of aliphatic hydroxyl groups excluding tert-OH is 3. The molecule has 0 spiro atoms. The summed E-state index contributed by atoms with van der Waals surface area (Å²) in [6.07, 6.45) is -2.95. The standard InChI is InChI=1S/C63H95Cl3N2O12P/c1-14-52-63(10,75)56(71)42(6)68(53(69)20-18-16-15-17-19-33-81(47-27-21-44(64)22-28-47,48-29-23-45(65)24-30-48)49-31-25-46(66)26-32-49)37-38(2)35-61(8,74)58(80-60-55(70)50(67(11)12)34-39(3)77-60)40(4)54(41(5)59(73)79-52)51-36-62(9,76-13)57(72)43(7)78-51/h21-32,38-43,50-52,54-58,60,70-72,74-75H,14-20,33-37H2,1-13H3/q+1/t38-,39-,40+,41-,42-,43+,50+,51-,52-,54?,55-,56-,57+,58-,60+,61-,62-,63-/m1/s1. The summed E-state index contributed by atoms with van der Waals surface area (Å²) in [5, 5.41) is 66.7. The minimum absolute atomic E-state index is 0.0756. The van der Waals surface area contributed by atoms with E-state index in [1.165, 1.54) is 29.9 Å². The Kier molecular flexibility index (Phi) is 24.0. The van der Waals surface area contributed by atoms with E-state index in [0.29, 0.717) is 27.9 Å². The molecule has 0 saturated carbocycles. The third kappa shape index (κ3) is 15.7. The molecule has 3 saturated heterocycles. The van der Waals surface area contributed by atoms with Gasteiger partial charge in [0.1, 0.15) is 53.2 Å². The van der Waals surface area contributed by atoms with E-state index < -0.39 is 109 Å². The molecule has 3 aromatic carbocycles. The fourth-order valence-corrected chi connectivity index (χ4v) is 18.3. The maximum atomic E-state index is 14.9. The van der Waals surface area contributed by atoms with Gasteiger partial charge < -0.3 is 59.0 Å². The summed E-state index contributed by atoms with van der Waals surface area (Å²) >= 11 is 19.3. The highest BCUT2D eigenvalue weighted by Gasteiger charge is 2.55. The van der Waals surface area contributed by atoms with Gasteiger partial charge in [0, 0.05) is 53.5 Å². The van der Waals surface area contributed by atoms with Gasteiger partial charge in [-0.1, -0.05) is 75.3 Å². The molecule has 81 heavy (non-hydrogen) atoms. The molecule has 3 aromatic rings. The first-order chi connectivity index (χ1) is 38.0. The molecule has 18 heteroatoms. The van der Waals surface area contributed by atoms with Crippen molar-refractivity contribution in [2.75, 3.05) is 33.9 Å². The van der Waals surface area contributed by atoms with Crippen LogP contribution in [0.25, 0.3) is 0 Å². The summed E-state index contributed by atoms with van der Waals surface area (Å²) in [6.45, 7) is 17.7. The minimum Gasteiger partial charge on any atom is -0.459 e. The van der Waals surface area contributed by atoms with Gasteiger partial charge in [-0.05, 0) is 179 Å². The molecule has 0 radical (unpaired) electrons. The third-order valence-electron chi connectivity index (χ3n) is 18.3. The van der Waals surface area contributed by atoms with E-state index in [-0.39, 0.29) is 50.3 Å². The number of carbonyl (C=O) groups is 2.